The first kappa shape index (κ1) is 18.5. The van der Waals surface area contributed by atoms with Crippen molar-refractivity contribution in [2.75, 3.05) is 18.2 Å². The van der Waals surface area contributed by atoms with Crippen molar-refractivity contribution < 1.29 is 4.74 Å². The maximum Gasteiger partial charge on any atom is 0.194 e. The molecule has 0 aliphatic carbocycles. The van der Waals surface area contributed by atoms with Crippen LogP contribution < -0.4 is 4.90 Å². The summed E-state index contributed by atoms with van der Waals surface area (Å²) in [6.07, 6.45) is 1.80. The van der Waals surface area contributed by atoms with E-state index in [4.69, 9.17) is 9.72 Å². The Labute approximate surface area is 162 Å². The second kappa shape index (κ2) is 7.95. The quantitative estimate of drug-likeness (QED) is 0.262. The predicted molar refractivity (Wildman–Crippen MR) is 113 cm³/mol. The first-order valence-corrected chi connectivity index (χ1v) is 13.6. The Morgan fingerprint density at radius 3 is 2.64 bits per heavy atom. The van der Waals surface area contributed by atoms with Gasteiger partial charge in [-0.05, 0) is 46.2 Å². The molecule has 0 saturated heterocycles. The van der Waals surface area contributed by atoms with Gasteiger partial charge in [-0.15, -0.1) is 0 Å². The number of hydrogen-bond acceptors (Lipinski definition) is 5. The van der Waals surface area contributed by atoms with Crippen molar-refractivity contribution in [3.05, 3.63) is 47.1 Å². The highest BCUT2D eigenvalue weighted by Gasteiger charge is 2.17. The van der Waals surface area contributed by atoms with Gasteiger partial charge < -0.3 is 4.74 Å². The average Bonchev–Trinajstić information content (AvgIpc) is 2.98. The van der Waals surface area contributed by atoms with Gasteiger partial charge >= 0.3 is 0 Å². The van der Waals surface area contributed by atoms with Crippen LogP contribution in [0.4, 0.5) is 10.9 Å². The predicted octanol–water partition coefficient (Wildman–Crippen LogP) is 5.90. The van der Waals surface area contributed by atoms with Crippen LogP contribution in [0.15, 0.2) is 47.1 Å². The summed E-state index contributed by atoms with van der Waals surface area (Å²) in [5, 5.41) is 0.907. The van der Waals surface area contributed by atoms with Gasteiger partial charge in [0.25, 0.3) is 0 Å². The fourth-order valence-electron chi connectivity index (χ4n) is 2.26. The van der Waals surface area contributed by atoms with Crippen LogP contribution in [0.2, 0.25) is 25.7 Å². The van der Waals surface area contributed by atoms with Crippen molar-refractivity contribution >= 4 is 56.5 Å². The number of benzene rings is 1. The third-order valence-electron chi connectivity index (χ3n) is 3.72. The van der Waals surface area contributed by atoms with Crippen molar-refractivity contribution in [2.45, 2.75) is 25.7 Å². The Kier molecular flexibility index (Phi) is 5.88. The fraction of sp³-hybridized carbons (Fsp3) is 0.333. The number of fused-ring (bicyclic) bond motifs is 1. The molecule has 3 rings (SSSR count). The molecule has 7 heteroatoms. The van der Waals surface area contributed by atoms with E-state index >= 15 is 0 Å². The second-order valence-electron chi connectivity index (χ2n) is 7.07. The summed E-state index contributed by atoms with van der Waals surface area (Å²) in [5.41, 5.74) is 1.01. The highest BCUT2D eigenvalue weighted by Crippen LogP contribution is 2.32. The highest BCUT2D eigenvalue weighted by atomic mass is 79.9. The van der Waals surface area contributed by atoms with E-state index in [0.717, 1.165) is 33.6 Å². The summed E-state index contributed by atoms with van der Waals surface area (Å²) in [7, 11) is -1.10. The molecule has 0 saturated carbocycles. The highest BCUT2D eigenvalue weighted by molar-refractivity contribution is 9.10. The van der Waals surface area contributed by atoms with Crippen LogP contribution in [0, 0.1) is 0 Å². The van der Waals surface area contributed by atoms with Crippen LogP contribution in [-0.2, 0) is 4.74 Å². The molecule has 3 aromatic rings. The number of halogens is 1. The van der Waals surface area contributed by atoms with Crippen LogP contribution in [0.3, 0.4) is 0 Å². The summed E-state index contributed by atoms with van der Waals surface area (Å²) >= 11 is 5.10. The van der Waals surface area contributed by atoms with Crippen LogP contribution in [-0.4, -0.2) is 31.4 Å². The third kappa shape index (κ3) is 5.10. The normalized spacial score (nSPS) is 11.8. The van der Waals surface area contributed by atoms with Crippen molar-refractivity contribution in [1.29, 1.82) is 0 Å². The van der Waals surface area contributed by atoms with E-state index in [1.54, 1.807) is 17.5 Å². The minimum atomic E-state index is -1.10. The SMILES string of the molecule is C[Si](C)(C)CCOCN(c1ccc(Br)cn1)c1nc2ccccc2s1. The number of ether oxygens (including phenoxy) is 1. The number of rotatable bonds is 7. The summed E-state index contributed by atoms with van der Waals surface area (Å²) in [5.74, 6) is 0.843. The van der Waals surface area contributed by atoms with Gasteiger partial charge in [-0.25, -0.2) is 9.97 Å². The number of aromatic nitrogens is 2. The fourth-order valence-corrected chi connectivity index (χ4v) is 4.21. The molecule has 0 aliphatic rings. The molecule has 2 aromatic heterocycles. The molecule has 0 N–H and O–H groups in total. The summed E-state index contributed by atoms with van der Waals surface area (Å²) in [4.78, 5) is 11.3. The number of nitrogens with zero attached hydrogens (tertiary/aromatic N) is 3. The van der Waals surface area contributed by atoms with Gasteiger partial charge in [0.05, 0.1) is 10.2 Å². The molecule has 2 heterocycles. The first-order chi connectivity index (χ1) is 11.9. The number of thiazole rings is 1. The van der Waals surface area contributed by atoms with Crippen LogP contribution in [0.5, 0.6) is 0 Å². The maximum atomic E-state index is 5.98. The molecular weight excluding hydrogens is 414 g/mol. The standard InChI is InChI=1S/C18H22BrN3OSSi/c1-25(2,3)11-10-23-13-22(17-9-8-14(19)12-20-17)18-21-15-6-4-5-7-16(15)24-18/h4-9,12H,10-11,13H2,1-3H3. The van der Waals surface area contributed by atoms with Crippen molar-refractivity contribution in [3.8, 4) is 0 Å². The van der Waals surface area contributed by atoms with Crippen LogP contribution in [0.1, 0.15) is 0 Å². The van der Waals surface area contributed by atoms with Gasteiger partial charge in [0.1, 0.15) is 12.5 Å². The van der Waals surface area contributed by atoms with E-state index in [9.17, 15) is 0 Å². The molecule has 4 nitrogen and oxygen atoms in total. The largest absolute Gasteiger partial charge is 0.361 e. The van der Waals surface area contributed by atoms with Crippen molar-refractivity contribution in [1.82, 2.24) is 9.97 Å². The second-order valence-corrected chi connectivity index (χ2v) is 14.6. The first-order valence-electron chi connectivity index (χ1n) is 8.25. The minimum Gasteiger partial charge on any atom is -0.361 e. The van der Waals surface area contributed by atoms with Crippen LogP contribution in [0.25, 0.3) is 10.2 Å². The molecular formula is C18H22BrN3OSSi. The van der Waals surface area contributed by atoms with Gasteiger partial charge in [0.15, 0.2) is 5.13 Å². The molecule has 0 spiro atoms. The van der Waals surface area contributed by atoms with E-state index in [1.807, 2.05) is 35.2 Å². The summed E-state index contributed by atoms with van der Waals surface area (Å²) < 4.78 is 8.11. The molecule has 0 unspecified atom stereocenters. The molecule has 0 amide bonds. The van der Waals surface area contributed by atoms with E-state index in [0.29, 0.717) is 6.73 Å². The number of pyridine rings is 1. The van der Waals surface area contributed by atoms with Crippen LogP contribution >= 0.6 is 27.3 Å². The Morgan fingerprint density at radius 1 is 1.16 bits per heavy atom. The van der Waals surface area contributed by atoms with E-state index in [1.165, 1.54) is 4.70 Å². The van der Waals surface area contributed by atoms with Gasteiger partial charge in [-0.2, -0.15) is 0 Å². The molecule has 1 aromatic carbocycles. The number of anilines is 2. The van der Waals surface area contributed by atoms with Gasteiger partial charge in [-0.3, -0.25) is 4.90 Å². The van der Waals surface area contributed by atoms with Crippen molar-refractivity contribution in [3.63, 3.8) is 0 Å². The van der Waals surface area contributed by atoms with Crippen molar-refractivity contribution in [2.24, 2.45) is 0 Å². The van der Waals surface area contributed by atoms with E-state index < -0.39 is 8.07 Å². The summed E-state index contributed by atoms with van der Waals surface area (Å²) in [6.45, 7) is 8.31. The zero-order valence-corrected chi connectivity index (χ0v) is 18.1. The lowest BCUT2D eigenvalue weighted by Crippen LogP contribution is -2.26. The Balaban J connectivity index is 1.82. The molecule has 0 atom stereocenters. The Morgan fingerprint density at radius 2 is 1.96 bits per heavy atom. The number of hydrogen-bond donors (Lipinski definition) is 0. The smallest absolute Gasteiger partial charge is 0.194 e. The molecule has 0 radical (unpaired) electrons. The average molecular weight is 436 g/mol. The van der Waals surface area contributed by atoms with Gasteiger partial charge in [-0.1, -0.05) is 43.1 Å². The number of para-hydroxylation sites is 1. The topological polar surface area (TPSA) is 38.2 Å². The Hall–Kier alpha value is -1.28. The lowest BCUT2D eigenvalue weighted by molar-refractivity contribution is 0.153. The molecule has 0 aliphatic heterocycles. The molecule has 0 bridgehead atoms. The lowest BCUT2D eigenvalue weighted by Gasteiger charge is -2.22. The van der Waals surface area contributed by atoms with E-state index in [-0.39, 0.29) is 0 Å². The van der Waals surface area contributed by atoms with Gasteiger partial charge in [0, 0.05) is 25.4 Å². The molecule has 25 heavy (non-hydrogen) atoms. The monoisotopic (exact) mass is 435 g/mol. The Bertz CT molecular complexity index is 799. The minimum absolute atomic E-state index is 0.457. The van der Waals surface area contributed by atoms with E-state index in [2.05, 4.69) is 46.6 Å². The summed E-state index contributed by atoms with van der Waals surface area (Å²) in [6, 6.07) is 13.3. The zero-order valence-electron chi connectivity index (χ0n) is 14.7. The van der Waals surface area contributed by atoms with Gasteiger partial charge in [0.2, 0.25) is 0 Å². The lowest BCUT2D eigenvalue weighted by atomic mass is 10.3. The molecule has 0 fully saturated rings. The maximum absolute atomic E-state index is 5.98. The zero-order chi connectivity index (χ0) is 17.9. The molecule has 132 valence electrons. The third-order valence-corrected chi connectivity index (χ3v) is 6.95.